The van der Waals surface area contributed by atoms with Gasteiger partial charge in [0.15, 0.2) is 5.96 Å². The minimum Gasteiger partial charge on any atom is -0.370 e. The van der Waals surface area contributed by atoms with Crippen LogP contribution in [-0.4, -0.2) is 28.9 Å². The zero-order chi connectivity index (χ0) is 12.5. The third-order valence-corrected chi connectivity index (χ3v) is 3.45. The van der Waals surface area contributed by atoms with Gasteiger partial charge in [-0.3, -0.25) is 0 Å². The van der Waals surface area contributed by atoms with Crippen LogP contribution in [0.2, 0.25) is 0 Å². The van der Waals surface area contributed by atoms with Gasteiger partial charge in [-0.25, -0.2) is 4.99 Å². The zero-order valence-electron chi connectivity index (χ0n) is 10.6. The second-order valence-corrected chi connectivity index (χ2v) is 4.90. The molecule has 0 atom stereocenters. The highest BCUT2D eigenvalue weighted by Crippen LogP contribution is 2.25. The molecule has 0 bridgehead atoms. The van der Waals surface area contributed by atoms with E-state index >= 15 is 0 Å². The fourth-order valence-corrected chi connectivity index (χ4v) is 2.15. The summed E-state index contributed by atoms with van der Waals surface area (Å²) in [4.78, 5) is 9.87. The number of aromatic amines is 1. The molecule has 4 nitrogen and oxygen atoms in total. The number of guanidine groups is 1. The van der Waals surface area contributed by atoms with Gasteiger partial charge in [0.05, 0.1) is 6.54 Å². The molecule has 1 fully saturated rings. The van der Waals surface area contributed by atoms with Gasteiger partial charge in [-0.1, -0.05) is 18.2 Å². The van der Waals surface area contributed by atoms with Crippen molar-refractivity contribution in [2.45, 2.75) is 25.4 Å². The molecule has 1 aromatic heterocycles. The molecule has 94 valence electrons. The Balaban J connectivity index is 1.73. The van der Waals surface area contributed by atoms with Gasteiger partial charge < -0.3 is 15.6 Å². The molecule has 0 aliphatic heterocycles. The van der Waals surface area contributed by atoms with Crippen LogP contribution in [0.4, 0.5) is 0 Å². The van der Waals surface area contributed by atoms with Crippen LogP contribution in [0.1, 0.15) is 18.5 Å². The Kier molecular flexibility index (Phi) is 2.70. The van der Waals surface area contributed by atoms with Crippen molar-refractivity contribution in [1.82, 2.24) is 9.88 Å². The molecule has 3 N–H and O–H groups in total. The molecule has 0 radical (unpaired) electrons. The first-order chi connectivity index (χ1) is 8.74. The van der Waals surface area contributed by atoms with E-state index in [0.717, 1.165) is 11.2 Å². The van der Waals surface area contributed by atoms with Gasteiger partial charge in [0.25, 0.3) is 0 Å². The number of aliphatic imine (C=N–C) groups is 1. The first-order valence-electron chi connectivity index (χ1n) is 6.33. The van der Waals surface area contributed by atoms with Crippen LogP contribution in [0.15, 0.2) is 35.3 Å². The van der Waals surface area contributed by atoms with Crippen LogP contribution in [0.25, 0.3) is 10.9 Å². The van der Waals surface area contributed by atoms with E-state index in [9.17, 15) is 0 Å². The average molecular weight is 242 g/mol. The summed E-state index contributed by atoms with van der Waals surface area (Å²) in [6.07, 6.45) is 2.47. The summed E-state index contributed by atoms with van der Waals surface area (Å²) >= 11 is 0. The molecule has 4 heteroatoms. The van der Waals surface area contributed by atoms with Crippen molar-refractivity contribution < 1.29 is 0 Å². The molecule has 1 aliphatic rings. The molecule has 0 amide bonds. The van der Waals surface area contributed by atoms with E-state index in [1.807, 2.05) is 19.2 Å². The lowest BCUT2D eigenvalue weighted by atomic mass is 10.2. The smallest absolute Gasteiger partial charge is 0.191 e. The molecule has 0 spiro atoms. The number of nitrogens with two attached hydrogens (primary N) is 1. The number of H-pyrrole nitrogens is 1. The van der Waals surface area contributed by atoms with Crippen molar-refractivity contribution in [2.75, 3.05) is 7.05 Å². The van der Waals surface area contributed by atoms with Crippen LogP contribution >= 0.6 is 0 Å². The molecule has 1 aliphatic carbocycles. The van der Waals surface area contributed by atoms with Gasteiger partial charge >= 0.3 is 0 Å². The second-order valence-electron chi connectivity index (χ2n) is 4.90. The van der Waals surface area contributed by atoms with Gasteiger partial charge in [0, 0.05) is 24.3 Å². The van der Waals surface area contributed by atoms with Crippen molar-refractivity contribution in [3.05, 3.63) is 36.0 Å². The number of rotatable bonds is 3. The van der Waals surface area contributed by atoms with Gasteiger partial charge in [-0.2, -0.15) is 0 Å². The third kappa shape index (κ3) is 2.18. The predicted octanol–water partition coefficient (Wildman–Crippen LogP) is 2.08. The largest absolute Gasteiger partial charge is 0.370 e. The monoisotopic (exact) mass is 242 g/mol. The number of hydrogen-bond acceptors (Lipinski definition) is 1. The van der Waals surface area contributed by atoms with Gasteiger partial charge in [0.2, 0.25) is 0 Å². The quantitative estimate of drug-likeness (QED) is 0.639. The SMILES string of the molecule is CN(C(N)=NCc1cc2ccccc2[nH]1)C1CC1. The van der Waals surface area contributed by atoms with Crippen molar-refractivity contribution >= 4 is 16.9 Å². The van der Waals surface area contributed by atoms with Crippen LogP contribution < -0.4 is 5.73 Å². The van der Waals surface area contributed by atoms with Gasteiger partial charge in [0.1, 0.15) is 0 Å². The molecular weight excluding hydrogens is 224 g/mol. The zero-order valence-corrected chi connectivity index (χ0v) is 10.6. The minimum absolute atomic E-state index is 0.608. The van der Waals surface area contributed by atoms with Crippen LogP contribution in [0.5, 0.6) is 0 Å². The highest BCUT2D eigenvalue weighted by atomic mass is 15.3. The number of aromatic nitrogens is 1. The molecule has 1 heterocycles. The van der Waals surface area contributed by atoms with Gasteiger partial charge in [-0.05, 0) is 30.4 Å². The number of nitrogens with one attached hydrogen (secondary N) is 1. The fraction of sp³-hybridized carbons (Fsp3) is 0.357. The summed E-state index contributed by atoms with van der Waals surface area (Å²) in [5.74, 6) is 0.635. The van der Waals surface area contributed by atoms with E-state index in [-0.39, 0.29) is 0 Å². The van der Waals surface area contributed by atoms with E-state index in [4.69, 9.17) is 5.73 Å². The summed E-state index contributed by atoms with van der Waals surface area (Å²) in [6, 6.07) is 11.0. The molecule has 0 saturated heterocycles. The average Bonchev–Trinajstić information content (AvgIpc) is 3.14. The normalized spacial score (nSPS) is 16.2. The number of hydrogen-bond donors (Lipinski definition) is 2. The Hall–Kier alpha value is -1.97. The Morgan fingerprint density at radius 1 is 1.44 bits per heavy atom. The molecule has 1 saturated carbocycles. The Bertz CT molecular complexity index is 547. The topological polar surface area (TPSA) is 57.4 Å². The maximum absolute atomic E-state index is 5.96. The molecular formula is C14H18N4. The summed E-state index contributed by atoms with van der Waals surface area (Å²) in [5.41, 5.74) is 8.21. The van der Waals surface area contributed by atoms with E-state index in [1.54, 1.807) is 0 Å². The number of fused-ring (bicyclic) bond motifs is 1. The highest BCUT2D eigenvalue weighted by Gasteiger charge is 2.27. The van der Waals surface area contributed by atoms with Crippen molar-refractivity contribution in [3.63, 3.8) is 0 Å². The minimum atomic E-state index is 0.608. The molecule has 0 unspecified atom stereocenters. The Morgan fingerprint density at radius 3 is 2.94 bits per heavy atom. The van der Waals surface area contributed by atoms with Crippen LogP contribution in [0, 0.1) is 0 Å². The highest BCUT2D eigenvalue weighted by molar-refractivity contribution is 5.81. The van der Waals surface area contributed by atoms with Crippen LogP contribution in [0.3, 0.4) is 0 Å². The summed E-state index contributed by atoms with van der Waals surface area (Å²) in [5, 5.41) is 1.22. The maximum atomic E-state index is 5.96. The first kappa shape index (κ1) is 11.1. The second kappa shape index (κ2) is 4.37. The fourth-order valence-electron chi connectivity index (χ4n) is 2.15. The first-order valence-corrected chi connectivity index (χ1v) is 6.33. The molecule has 2 aromatic rings. The number of para-hydroxylation sites is 1. The van der Waals surface area contributed by atoms with E-state index < -0.39 is 0 Å². The number of benzene rings is 1. The Morgan fingerprint density at radius 2 is 2.22 bits per heavy atom. The summed E-state index contributed by atoms with van der Waals surface area (Å²) < 4.78 is 0. The molecule has 3 rings (SSSR count). The van der Waals surface area contributed by atoms with Crippen molar-refractivity contribution in [3.8, 4) is 0 Å². The molecule has 1 aromatic carbocycles. The van der Waals surface area contributed by atoms with Crippen molar-refractivity contribution in [1.29, 1.82) is 0 Å². The van der Waals surface area contributed by atoms with E-state index in [0.29, 0.717) is 18.5 Å². The number of nitrogens with zero attached hydrogens (tertiary/aromatic N) is 2. The summed E-state index contributed by atoms with van der Waals surface area (Å²) in [6.45, 7) is 0.609. The Labute approximate surface area is 107 Å². The maximum Gasteiger partial charge on any atom is 0.191 e. The van der Waals surface area contributed by atoms with Crippen LogP contribution in [-0.2, 0) is 6.54 Å². The predicted molar refractivity (Wildman–Crippen MR) is 74.4 cm³/mol. The lowest BCUT2D eigenvalue weighted by Gasteiger charge is -2.16. The lowest BCUT2D eigenvalue weighted by Crippen LogP contribution is -2.35. The van der Waals surface area contributed by atoms with Crippen molar-refractivity contribution in [2.24, 2.45) is 10.7 Å². The standard InChI is InChI=1S/C14H18N4/c1-18(12-6-7-12)14(15)16-9-11-8-10-4-2-3-5-13(10)17-11/h2-5,8,12,17H,6-7,9H2,1H3,(H2,15,16). The third-order valence-electron chi connectivity index (χ3n) is 3.45. The van der Waals surface area contributed by atoms with Gasteiger partial charge in [-0.15, -0.1) is 0 Å². The van der Waals surface area contributed by atoms with E-state index in [2.05, 4.69) is 33.1 Å². The molecule has 18 heavy (non-hydrogen) atoms. The summed E-state index contributed by atoms with van der Waals surface area (Å²) in [7, 11) is 2.02. The lowest BCUT2D eigenvalue weighted by molar-refractivity contribution is 0.487. The van der Waals surface area contributed by atoms with E-state index in [1.165, 1.54) is 18.2 Å².